The molecular formula is C21H27Cl2N9O2. The Kier molecular flexibility index (Phi) is 8.97. The molecule has 1 fully saturated rings. The van der Waals surface area contributed by atoms with Crippen LogP contribution in [0.5, 0.6) is 0 Å². The number of aromatic nitrogens is 6. The molecule has 0 saturated heterocycles. The highest BCUT2D eigenvalue weighted by molar-refractivity contribution is 6.30. The standard InChI is InChI=1S/C21H26ClN9O2.ClH/c1-29(17-4-5-17)9-2-7-23-20-21(33)30(10-8-24-20)13-19(32)25-12-15-11-16(22)3-6-18(15)31-14-26-27-28-31;/h3,6,8,10-11,14,17H,2,4-5,7,9,12-13H2,1H3,(H,23,24)(H,25,32);1H. The van der Waals surface area contributed by atoms with Crippen molar-refractivity contribution in [3.63, 3.8) is 0 Å². The van der Waals surface area contributed by atoms with Gasteiger partial charge in [-0.15, -0.1) is 17.5 Å². The van der Waals surface area contributed by atoms with Gasteiger partial charge in [0.1, 0.15) is 12.9 Å². The molecule has 1 saturated carbocycles. The number of halogens is 2. The molecule has 1 aromatic carbocycles. The van der Waals surface area contributed by atoms with Gasteiger partial charge < -0.3 is 20.1 Å². The number of anilines is 1. The van der Waals surface area contributed by atoms with Crippen LogP contribution in [-0.4, -0.2) is 66.7 Å². The molecule has 0 bridgehead atoms. The molecule has 1 amide bonds. The first kappa shape index (κ1) is 25.6. The first-order valence-electron chi connectivity index (χ1n) is 10.8. The third-order valence-corrected chi connectivity index (χ3v) is 5.73. The lowest BCUT2D eigenvalue weighted by atomic mass is 10.1. The smallest absolute Gasteiger partial charge is 0.293 e. The molecule has 2 aromatic heterocycles. The lowest BCUT2D eigenvalue weighted by molar-refractivity contribution is -0.121. The van der Waals surface area contributed by atoms with Crippen molar-refractivity contribution in [2.75, 3.05) is 25.5 Å². The zero-order valence-corrected chi connectivity index (χ0v) is 20.3. The largest absolute Gasteiger partial charge is 0.365 e. The molecule has 2 N–H and O–H groups in total. The molecule has 13 heteroatoms. The highest BCUT2D eigenvalue weighted by atomic mass is 35.5. The van der Waals surface area contributed by atoms with Crippen LogP contribution in [0.4, 0.5) is 5.82 Å². The maximum absolute atomic E-state index is 12.7. The molecule has 11 nitrogen and oxygen atoms in total. The van der Waals surface area contributed by atoms with E-state index in [4.69, 9.17) is 11.6 Å². The average Bonchev–Trinajstić information content (AvgIpc) is 3.52. The molecule has 182 valence electrons. The third kappa shape index (κ3) is 6.75. The Labute approximate surface area is 207 Å². The molecule has 1 aliphatic carbocycles. The van der Waals surface area contributed by atoms with Gasteiger partial charge in [-0.3, -0.25) is 9.59 Å². The SMILES string of the molecule is CN(CCCNc1nccn(CC(=O)NCc2cc(Cl)ccc2-n2cnnn2)c1=O)C1CC1.Cl. The van der Waals surface area contributed by atoms with Gasteiger partial charge in [0.15, 0.2) is 5.82 Å². The molecule has 34 heavy (non-hydrogen) atoms. The highest BCUT2D eigenvalue weighted by Crippen LogP contribution is 2.25. The molecule has 3 aromatic rings. The number of hydrogen-bond donors (Lipinski definition) is 2. The number of rotatable bonds is 11. The predicted molar refractivity (Wildman–Crippen MR) is 131 cm³/mol. The van der Waals surface area contributed by atoms with Crippen LogP contribution in [0, 0.1) is 0 Å². The summed E-state index contributed by atoms with van der Waals surface area (Å²) in [7, 11) is 2.12. The van der Waals surface area contributed by atoms with Crippen molar-refractivity contribution in [2.45, 2.75) is 38.4 Å². The predicted octanol–water partition coefficient (Wildman–Crippen LogP) is 1.51. The second kappa shape index (κ2) is 11.9. The van der Waals surface area contributed by atoms with Crippen LogP contribution in [0.15, 0.2) is 41.7 Å². The van der Waals surface area contributed by atoms with Crippen LogP contribution < -0.4 is 16.2 Å². The summed E-state index contributed by atoms with van der Waals surface area (Å²) in [6, 6.07) is 5.94. The van der Waals surface area contributed by atoms with E-state index in [0.717, 1.165) is 18.5 Å². The number of carbonyl (C=O) groups excluding carboxylic acids is 1. The van der Waals surface area contributed by atoms with Crippen molar-refractivity contribution in [3.05, 3.63) is 57.9 Å². The molecule has 0 spiro atoms. The summed E-state index contributed by atoms with van der Waals surface area (Å²) >= 11 is 6.11. The quantitative estimate of drug-likeness (QED) is 0.374. The van der Waals surface area contributed by atoms with Gasteiger partial charge in [0.2, 0.25) is 5.91 Å². The Morgan fingerprint density at radius 3 is 2.88 bits per heavy atom. The van der Waals surface area contributed by atoms with E-state index in [2.05, 4.69) is 43.1 Å². The summed E-state index contributed by atoms with van der Waals surface area (Å²) in [6.45, 7) is 1.69. The number of carbonyl (C=O) groups is 1. The zero-order valence-electron chi connectivity index (χ0n) is 18.7. The van der Waals surface area contributed by atoms with Gasteiger partial charge in [-0.05, 0) is 67.0 Å². The molecule has 0 radical (unpaired) electrons. The van der Waals surface area contributed by atoms with Crippen molar-refractivity contribution >= 4 is 35.7 Å². The summed E-state index contributed by atoms with van der Waals surface area (Å²) in [5, 5.41) is 17.6. The number of benzene rings is 1. The zero-order chi connectivity index (χ0) is 23.2. The van der Waals surface area contributed by atoms with E-state index < -0.39 is 0 Å². The summed E-state index contributed by atoms with van der Waals surface area (Å²) in [5.41, 5.74) is 1.11. The normalized spacial score (nSPS) is 12.9. The Hall–Kier alpha value is -3.02. The molecule has 4 rings (SSSR count). The lowest BCUT2D eigenvalue weighted by Crippen LogP contribution is -2.33. The van der Waals surface area contributed by atoms with Gasteiger partial charge in [-0.2, -0.15) is 0 Å². The van der Waals surface area contributed by atoms with Crippen molar-refractivity contribution in [1.82, 2.24) is 40.0 Å². The minimum Gasteiger partial charge on any atom is -0.365 e. The first-order chi connectivity index (χ1) is 16.0. The van der Waals surface area contributed by atoms with E-state index in [9.17, 15) is 9.59 Å². The Balaban J connectivity index is 0.00000324. The highest BCUT2D eigenvalue weighted by Gasteiger charge is 2.25. The van der Waals surface area contributed by atoms with E-state index in [1.807, 2.05) is 0 Å². The van der Waals surface area contributed by atoms with Gasteiger partial charge in [-0.1, -0.05) is 11.6 Å². The molecule has 0 aliphatic heterocycles. The topological polar surface area (TPSA) is 123 Å². The van der Waals surface area contributed by atoms with Gasteiger partial charge in [0.05, 0.1) is 5.69 Å². The minimum atomic E-state index is -0.333. The van der Waals surface area contributed by atoms with Gasteiger partial charge in [-0.25, -0.2) is 9.67 Å². The lowest BCUT2D eigenvalue weighted by Gasteiger charge is -2.15. The van der Waals surface area contributed by atoms with Gasteiger partial charge >= 0.3 is 0 Å². The van der Waals surface area contributed by atoms with Crippen LogP contribution in [0.3, 0.4) is 0 Å². The summed E-state index contributed by atoms with van der Waals surface area (Å²) in [6.07, 6.45) is 7.93. The van der Waals surface area contributed by atoms with E-state index in [0.29, 0.717) is 23.3 Å². The molecule has 0 atom stereocenters. The number of hydrogen-bond acceptors (Lipinski definition) is 8. The number of tetrazole rings is 1. The van der Waals surface area contributed by atoms with Crippen LogP contribution in [-0.2, 0) is 17.9 Å². The number of amides is 1. The van der Waals surface area contributed by atoms with E-state index >= 15 is 0 Å². The molecular weight excluding hydrogens is 481 g/mol. The molecule has 0 unspecified atom stereocenters. The monoisotopic (exact) mass is 507 g/mol. The van der Waals surface area contributed by atoms with Crippen LogP contribution in [0.25, 0.3) is 5.69 Å². The maximum atomic E-state index is 12.7. The van der Waals surface area contributed by atoms with Gasteiger partial charge in [0.25, 0.3) is 5.56 Å². The third-order valence-electron chi connectivity index (χ3n) is 5.49. The molecule has 2 heterocycles. The van der Waals surface area contributed by atoms with Crippen LogP contribution >= 0.6 is 24.0 Å². The van der Waals surface area contributed by atoms with E-state index in [1.54, 1.807) is 18.2 Å². The second-order valence-corrected chi connectivity index (χ2v) is 8.44. The molecule has 1 aliphatic rings. The van der Waals surface area contributed by atoms with Crippen molar-refractivity contribution < 1.29 is 4.79 Å². The van der Waals surface area contributed by atoms with Crippen LogP contribution in [0.2, 0.25) is 5.02 Å². The average molecular weight is 508 g/mol. The van der Waals surface area contributed by atoms with E-state index in [1.165, 1.54) is 40.8 Å². The van der Waals surface area contributed by atoms with Gasteiger partial charge in [0, 0.05) is 36.5 Å². The Morgan fingerprint density at radius 2 is 2.15 bits per heavy atom. The van der Waals surface area contributed by atoms with Crippen LogP contribution in [0.1, 0.15) is 24.8 Å². The minimum absolute atomic E-state index is 0. The van der Waals surface area contributed by atoms with Crippen molar-refractivity contribution in [1.29, 1.82) is 0 Å². The summed E-state index contributed by atoms with van der Waals surface area (Å²) in [4.78, 5) is 31.7. The fourth-order valence-corrected chi connectivity index (χ4v) is 3.72. The van der Waals surface area contributed by atoms with Crippen molar-refractivity contribution in [2.24, 2.45) is 0 Å². The number of nitrogens with one attached hydrogen (secondary N) is 2. The summed E-state index contributed by atoms with van der Waals surface area (Å²) in [5.74, 6) is -0.0712. The maximum Gasteiger partial charge on any atom is 0.293 e. The van der Waals surface area contributed by atoms with Crippen molar-refractivity contribution in [3.8, 4) is 5.69 Å². The first-order valence-corrected chi connectivity index (χ1v) is 11.2. The fourth-order valence-electron chi connectivity index (χ4n) is 3.52. The van der Waals surface area contributed by atoms with E-state index in [-0.39, 0.29) is 42.8 Å². The number of nitrogens with zero attached hydrogens (tertiary/aromatic N) is 7. The second-order valence-electron chi connectivity index (χ2n) is 8.01. The Morgan fingerprint density at radius 1 is 1.32 bits per heavy atom. The summed E-state index contributed by atoms with van der Waals surface area (Å²) < 4.78 is 2.83. The fraction of sp³-hybridized carbons (Fsp3) is 0.429. The Bertz CT molecular complexity index is 1150.